The summed E-state index contributed by atoms with van der Waals surface area (Å²) < 4.78 is 5.95. The second-order valence-corrected chi connectivity index (χ2v) is 4.91. The van der Waals surface area contributed by atoms with Crippen LogP contribution in [0.4, 0.5) is 0 Å². The van der Waals surface area contributed by atoms with Gasteiger partial charge in [-0.15, -0.1) is 0 Å². The maximum atomic E-state index is 5.95. The fourth-order valence-electron chi connectivity index (χ4n) is 2.10. The van der Waals surface area contributed by atoms with Crippen LogP contribution >= 0.6 is 0 Å². The van der Waals surface area contributed by atoms with E-state index in [1.807, 2.05) is 30.3 Å². The molecule has 21 heavy (non-hydrogen) atoms. The highest BCUT2D eigenvalue weighted by molar-refractivity contribution is 5.33. The van der Waals surface area contributed by atoms with Gasteiger partial charge in [0.2, 0.25) is 0 Å². The van der Waals surface area contributed by atoms with Gasteiger partial charge in [-0.2, -0.15) is 0 Å². The maximum Gasteiger partial charge on any atom is 0.124 e. The highest BCUT2D eigenvalue weighted by Crippen LogP contribution is 2.19. The van der Waals surface area contributed by atoms with Crippen molar-refractivity contribution in [1.82, 2.24) is 10.6 Å². The third-order valence-corrected chi connectivity index (χ3v) is 3.25. The van der Waals surface area contributed by atoms with E-state index in [-0.39, 0.29) is 0 Å². The number of ether oxygens (including phenoxy) is 1. The summed E-state index contributed by atoms with van der Waals surface area (Å²) >= 11 is 0. The monoisotopic (exact) mass is 284 g/mol. The number of rotatable bonds is 9. The maximum absolute atomic E-state index is 5.95. The molecule has 0 bridgehead atoms. The molecule has 0 heterocycles. The van der Waals surface area contributed by atoms with Gasteiger partial charge in [-0.05, 0) is 18.2 Å². The Labute approximate surface area is 127 Å². The van der Waals surface area contributed by atoms with Crippen molar-refractivity contribution in [2.45, 2.75) is 20.1 Å². The first-order valence-corrected chi connectivity index (χ1v) is 7.56. The Morgan fingerprint density at radius 3 is 2.38 bits per heavy atom. The highest BCUT2D eigenvalue weighted by atomic mass is 16.5. The topological polar surface area (TPSA) is 33.3 Å². The van der Waals surface area contributed by atoms with Crippen LogP contribution in [0.1, 0.15) is 18.1 Å². The van der Waals surface area contributed by atoms with Crippen LogP contribution in [-0.2, 0) is 13.2 Å². The lowest BCUT2D eigenvalue weighted by Gasteiger charge is -2.12. The van der Waals surface area contributed by atoms with Crippen molar-refractivity contribution in [3.63, 3.8) is 0 Å². The number of benzene rings is 2. The van der Waals surface area contributed by atoms with Crippen LogP contribution in [-0.4, -0.2) is 19.6 Å². The molecule has 0 aromatic heterocycles. The molecule has 0 spiro atoms. The molecular formula is C18H24N2O. The lowest BCUT2D eigenvalue weighted by molar-refractivity contribution is 0.302. The molecule has 0 saturated heterocycles. The van der Waals surface area contributed by atoms with Gasteiger partial charge in [0.25, 0.3) is 0 Å². The summed E-state index contributed by atoms with van der Waals surface area (Å²) in [6.45, 7) is 6.52. The van der Waals surface area contributed by atoms with E-state index < -0.39 is 0 Å². The van der Waals surface area contributed by atoms with Crippen molar-refractivity contribution in [2.24, 2.45) is 0 Å². The standard InChI is InChI=1S/C18H24N2O/c1-2-19-12-13-20-14-17-10-6-7-11-18(17)21-15-16-8-4-3-5-9-16/h3-11,19-20H,2,12-15H2,1H3. The summed E-state index contributed by atoms with van der Waals surface area (Å²) in [7, 11) is 0. The van der Waals surface area contributed by atoms with Gasteiger partial charge in [-0.3, -0.25) is 0 Å². The molecule has 0 amide bonds. The van der Waals surface area contributed by atoms with Crippen molar-refractivity contribution in [2.75, 3.05) is 19.6 Å². The Hall–Kier alpha value is -1.84. The first-order valence-electron chi connectivity index (χ1n) is 7.56. The number of hydrogen-bond donors (Lipinski definition) is 2. The van der Waals surface area contributed by atoms with Crippen molar-refractivity contribution in [1.29, 1.82) is 0 Å². The first-order chi connectivity index (χ1) is 10.4. The second kappa shape index (κ2) is 9.16. The van der Waals surface area contributed by atoms with Crippen LogP contribution in [0.5, 0.6) is 5.75 Å². The molecule has 3 nitrogen and oxygen atoms in total. The van der Waals surface area contributed by atoms with Gasteiger partial charge < -0.3 is 15.4 Å². The summed E-state index contributed by atoms with van der Waals surface area (Å²) in [6, 6.07) is 18.5. The minimum atomic E-state index is 0.606. The lowest BCUT2D eigenvalue weighted by Crippen LogP contribution is -2.26. The number of hydrogen-bond acceptors (Lipinski definition) is 3. The van der Waals surface area contributed by atoms with E-state index in [4.69, 9.17) is 4.74 Å². The zero-order valence-corrected chi connectivity index (χ0v) is 12.6. The van der Waals surface area contributed by atoms with Gasteiger partial charge in [-0.25, -0.2) is 0 Å². The molecule has 0 aliphatic heterocycles. The molecule has 112 valence electrons. The third-order valence-electron chi connectivity index (χ3n) is 3.25. The molecule has 0 atom stereocenters. The van der Waals surface area contributed by atoms with Crippen molar-refractivity contribution in [3.8, 4) is 5.75 Å². The minimum absolute atomic E-state index is 0.606. The number of para-hydroxylation sites is 1. The van der Waals surface area contributed by atoms with Gasteiger partial charge in [0, 0.05) is 25.2 Å². The van der Waals surface area contributed by atoms with E-state index in [0.717, 1.165) is 31.9 Å². The lowest BCUT2D eigenvalue weighted by atomic mass is 10.2. The Morgan fingerprint density at radius 1 is 0.857 bits per heavy atom. The zero-order chi connectivity index (χ0) is 14.8. The smallest absolute Gasteiger partial charge is 0.124 e. The molecule has 0 aliphatic carbocycles. The predicted octanol–water partition coefficient (Wildman–Crippen LogP) is 2.96. The van der Waals surface area contributed by atoms with Crippen LogP contribution in [0.3, 0.4) is 0 Å². The van der Waals surface area contributed by atoms with E-state index in [1.54, 1.807) is 0 Å². The van der Waals surface area contributed by atoms with Crippen LogP contribution in [0.25, 0.3) is 0 Å². The van der Waals surface area contributed by atoms with Crippen LogP contribution in [0.15, 0.2) is 54.6 Å². The van der Waals surface area contributed by atoms with Crippen molar-refractivity contribution in [3.05, 3.63) is 65.7 Å². The third kappa shape index (κ3) is 5.58. The molecule has 2 rings (SSSR count). The van der Waals surface area contributed by atoms with Gasteiger partial charge in [0.15, 0.2) is 0 Å². The van der Waals surface area contributed by atoms with Gasteiger partial charge >= 0.3 is 0 Å². The molecule has 2 aromatic carbocycles. The predicted molar refractivity (Wildman–Crippen MR) is 87.5 cm³/mol. The number of likely N-dealkylation sites (N-methyl/N-ethyl adjacent to an activating group) is 1. The Balaban J connectivity index is 1.84. The summed E-state index contributed by atoms with van der Waals surface area (Å²) in [4.78, 5) is 0. The highest BCUT2D eigenvalue weighted by Gasteiger charge is 2.02. The Bertz CT molecular complexity index is 514. The first kappa shape index (κ1) is 15.5. The Kier molecular flexibility index (Phi) is 6.78. The summed E-state index contributed by atoms with van der Waals surface area (Å²) in [5.74, 6) is 0.956. The molecule has 0 radical (unpaired) electrons. The van der Waals surface area contributed by atoms with Gasteiger partial charge in [-0.1, -0.05) is 55.5 Å². The van der Waals surface area contributed by atoms with Gasteiger partial charge in [0.05, 0.1) is 0 Å². The second-order valence-electron chi connectivity index (χ2n) is 4.91. The molecule has 0 saturated carbocycles. The normalized spacial score (nSPS) is 10.5. The van der Waals surface area contributed by atoms with E-state index >= 15 is 0 Å². The Morgan fingerprint density at radius 2 is 1.57 bits per heavy atom. The van der Waals surface area contributed by atoms with Crippen LogP contribution in [0.2, 0.25) is 0 Å². The molecule has 2 aromatic rings. The molecule has 0 unspecified atom stereocenters. The molecular weight excluding hydrogens is 260 g/mol. The van der Waals surface area contributed by atoms with Gasteiger partial charge in [0.1, 0.15) is 12.4 Å². The fraction of sp³-hybridized carbons (Fsp3) is 0.333. The zero-order valence-electron chi connectivity index (χ0n) is 12.6. The summed E-state index contributed by atoms with van der Waals surface area (Å²) in [5, 5.41) is 6.73. The van der Waals surface area contributed by atoms with Crippen molar-refractivity contribution < 1.29 is 4.74 Å². The molecule has 0 aliphatic rings. The van der Waals surface area contributed by atoms with E-state index in [0.29, 0.717) is 6.61 Å². The average Bonchev–Trinajstić information content (AvgIpc) is 2.55. The van der Waals surface area contributed by atoms with Crippen LogP contribution < -0.4 is 15.4 Å². The number of nitrogens with one attached hydrogen (secondary N) is 2. The fourth-order valence-corrected chi connectivity index (χ4v) is 2.10. The molecule has 2 N–H and O–H groups in total. The van der Waals surface area contributed by atoms with E-state index in [2.05, 4.69) is 41.8 Å². The summed E-state index contributed by atoms with van der Waals surface area (Å²) in [5.41, 5.74) is 2.39. The van der Waals surface area contributed by atoms with E-state index in [9.17, 15) is 0 Å². The van der Waals surface area contributed by atoms with Crippen molar-refractivity contribution >= 4 is 0 Å². The minimum Gasteiger partial charge on any atom is -0.489 e. The summed E-state index contributed by atoms with van der Waals surface area (Å²) in [6.07, 6.45) is 0. The largest absolute Gasteiger partial charge is 0.489 e. The molecule has 3 heteroatoms. The van der Waals surface area contributed by atoms with Crippen LogP contribution in [0, 0.1) is 0 Å². The SMILES string of the molecule is CCNCCNCc1ccccc1OCc1ccccc1. The molecule has 0 fully saturated rings. The quantitative estimate of drug-likeness (QED) is 0.695. The average molecular weight is 284 g/mol. The van der Waals surface area contributed by atoms with E-state index in [1.165, 1.54) is 11.1 Å².